The SMILES string of the molecule is C=C/C=C(\C=C(/C)O)c1ccccc1. The first-order chi connectivity index (χ1) is 6.74. The van der Waals surface area contributed by atoms with Gasteiger partial charge in [0, 0.05) is 0 Å². The molecule has 0 aromatic heterocycles. The molecule has 1 heteroatoms. The van der Waals surface area contributed by atoms with E-state index in [2.05, 4.69) is 6.58 Å². The summed E-state index contributed by atoms with van der Waals surface area (Å²) in [5.41, 5.74) is 2.03. The molecule has 72 valence electrons. The van der Waals surface area contributed by atoms with Crippen molar-refractivity contribution in [3.8, 4) is 0 Å². The molecule has 0 aliphatic heterocycles. The zero-order chi connectivity index (χ0) is 10.4. The summed E-state index contributed by atoms with van der Waals surface area (Å²) >= 11 is 0. The fourth-order valence-corrected chi connectivity index (χ4v) is 1.21. The predicted octanol–water partition coefficient (Wildman–Crippen LogP) is 3.72. The zero-order valence-corrected chi connectivity index (χ0v) is 8.27. The van der Waals surface area contributed by atoms with E-state index in [0.717, 1.165) is 11.1 Å². The van der Waals surface area contributed by atoms with Crippen LogP contribution in [-0.2, 0) is 0 Å². The number of rotatable bonds is 3. The van der Waals surface area contributed by atoms with Gasteiger partial charge in [0.2, 0.25) is 0 Å². The summed E-state index contributed by atoms with van der Waals surface area (Å²) in [6, 6.07) is 9.88. The van der Waals surface area contributed by atoms with Gasteiger partial charge in [0.15, 0.2) is 0 Å². The van der Waals surface area contributed by atoms with Crippen LogP contribution in [0.25, 0.3) is 5.57 Å². The number of hydrogen-bond donors (Lipinski definition) is 1. The van der Waals surface area contributed by atoms with E-state index in [-0.39, 0.29) is 0 Å². The molecule has 1 aromatic rings. The van der Waals surface area contributed by atoms with Crippen LogP contribution in [0.3, 0.4) is 0 Å². The number of benzene rings is 1. The average molecular weight is 186 g/mol. The average Bonchev–Trinajstić information content (AvgIpc) is 2.18. The van der Waals surface area contributed by atoms with E-state index in [9.17, 15) is 5.11 Å². The van der Waals surface area contributed by atoms with Crippen molar-refractivity contribution in [2.45, 2.75) is 6.92 Å². The minimum atomic E-state index is 0.293. The van der Waals surface area contributed by atoms with Crippen LogP contribution in [0.4, 0.5) is 0 Å². The first-order valence-electron chi connectivity index (χ1n) is 4.49. The van der Waals surface area contributed by atoms with Crippen LogP contribution in [0.5, 0.6) is 0 Å². The van der Waals surface area contributed by atoms with Gasteiger partial charge in [0.05, 0.1) is 5.76 Å². The second-order valence-corrected chi connectivity index (χ2v) is 3.01. The molecule has 14 heavy (non-hydrogen) atoms. The Morgan fingerprint density at radius 1 is 1.29 bits per heavy atom. The molecule has 0 aliphatic carbocycles. The molecule has 1 N–H and O–H groups in total. The van der Waals surface area contributed by atoms with Gasteiger partial charge in [-0.15, -0.1) is 0 Å². The second-order valence-electron chi connectivity index (χ2n) is 3.01. The molecule has 0 spiro atoms. The Balaban J connectivity index is 3.08. The van der Waals surface area contributed by atoms with Gasteiger partial charge in [-0.3, -0.25) is 0 Å². The summed E-state index contributed by atoms with van der Waals surface area (Å²) in [5.74, 6) is 0.293. The van der Waals surface area contributed by atoms with E-state index in [1.807, 2.05) is 36.4 Å². The third kappa shape index (κ3) is 2.94. The van der Waals surface area contributed by atoms with Gasteiger partial charge in [-0.1, -0.05) is 49.1 Å². The van der Waals surface area contributed by atoms with Crippen LogP contribution in [-0.4, -0.2) is 5.11 Å². The predicted molar refractivity (Wildman–Crippen MR) is 61.0 cm³/mol. The van der Waals surface area contributed by atoms with E-state index in [1.54, 1.807) is 19.1 Å². The number of hydrogen-bond acceptors (Lipinski definition) is 1. The summed E-state index contributed by atoms with van der Waals surface area (Å²) in [5, 5.41) is 9.20. The highest BCUT2D eigenvalue weighted by Gasteiger charge is 1.96. The van der Waals surface area contributed by atoms with Crippen molar-refractivity contribution in [1.29, 1.82) is 0 Å². The van der Waals surface area contributed by atoms with E-state index >= 15 is 0 Å². The molecular weight excluding hydrogens is 172 g/mol. The van der Waals surface area contributed by atoms with Crippen LogP contribution in [0.1, 0.15) is 12.5 Å². The van der Waals surface area contributed by atoms with Crippen molar-refractivity contribution in [1.82, 2.24) is 0 Å². The smallest absolute Gasteiger partial charge is 0.0897 e. The van der Waals surface area contributed by atoms with Gasteiger partial charge >= 0.3 is 0 Å². The van der Waals surface area contributed by atoms with Crippen molar-refractivity contribution in [2.75, 3.05) is 0 Å². The fraction of sp³-hybridized carbons (Fsp3) is 0.0769. The Kier molecular flexibility index (Phi) is 3.74. The van der Waals surface area contributed by atoms with Crippen LogP contribution in [0.2, 0.25) is 0 Å². The standard InChI is InChI=1S/C13H14O/c1-3-7-13(10-11(2)14)12-8-5-4-6-9-12/h3-10,14H,1H2,2H3/b11-10+,13-7+. The van der Waals surface area contributed by atoms with Gasteiger partial charge in [-0.25, -0.2) is 0 Å². The molecule has 1 rings (SSSR count). The highest BCUT2D eigenvalue weighted by Crippen LogP contribution is 2.16. The lowest BCUT2D eigenvalue weighted by molar-refractivity contribution is 0.415. The molecule has 0 radical (unpaired) electrons. The summed E-state index contributed by atoms with van der Waals surface area (Å²) < 4.78 is 0. The topological polar surface area (TPSA) is 20.2 Å². The number of allylic oxidation sites excluding steroid dienone is 5. The summed E-state index contributed by atoms with van der Waals surface area (Å²) in [6.45, 7) is 5.30. The lowest BCUT2D eigenvalue weighted by atomic mass is 10.0. The van der Waals surface area contributed by atoms with Gasteiger partial charge in [-0.2, -0.15) is 0 Å². The molecule has 0 heterocycles. The Labute approximate surface area is 84.7 Å². The lowest BCUT2D eigenvalue weighted by Crippen LogP contribution is -1.81. The Hall–Kier alpha value is -1.76. The first-order valence-corrected chi connectivity index (χ1v) is 4.49. The lowest BCUT2D eigenvalue weighted by Gasteiger charge is -2.01. The maximum atomic E-state index is 9.20. The van der Waals surface area contributed by atoms with Crippen molar-refractivity contribution >= 4 is 5.57 Å². The number of aliphatic hydroxyl groups is 1. The molecule has 0 saturated carbocycles. The van der Waals surface area contributed by atoms with E-state index < -0.39 is 0 Å². The molecule has 0 fully saturated rings. The molecular formula is C13H14O. The number of aliphatic hydroxyl groups excluding tert-OH is 1. The first kappa shape index (κ1) is 10.3. The van der Waals surface area contributed by atoms with Crippen molar-refractivity contribution in [3.63, 3.8) is 0 Å². The van der Waals surface area contributed by atoms with Crippen LogP contribution in [0, 0.1) is 0 Å². The summed E-state index contributed by atoms with van der Waals surface area (Å²) in [7, 11) is 0. The molecule has 1 aromatic carbocycles. The van der Waals surface area contributed by atoms with Gasteiger partial charge < -0.3 is 5.11 Å². The van der Waals surface area contributed by atoms with Gasteiger partial charge in [0.25, 0.3) is 0 Å². The van der Waals surface area contributed by atoms with Gasteiger partial charge in [-0.05, 0) is 24.1 Å². The zero-order valence-electron chi connectivity index (χ0n) is 8.27. The fourth-order valence-electron chi connectivity index (χ4n) is 1.21. The van der Waals surface area contributed by atoms with E-state index in [0.29, 0.717) is 5.76 Å². The Morgan fingerprint density at radius 3 is 2.43 bits per heavy atom. The normalized spacial score (nSPS) is 12.6. The highest BCUT2D eigenvalue weighted by atomic mass is 16.3. The molecule has 0 aliphatic rings. The minimum absolute atomic E-state index is 0.293. The van der Waals surface area contributed by atoms with Crippen molar-refractivity contribution in [2.24, 2.45) is 0 Å². The van der Waals surface area contributed by atoms with Gasteiger partial charge in [0.1, 0.15) is 0 Å². The van der Waals surface area contributed by atoms with Crippen LogP contribution >= 0.6 is 0 Å². The third-order valence-corrected chi connectivity index (χ3v) is 1.77. The van der Waals surface area contributed by atoms with E-state index in [4.69, 9.17) is 0 Å². The minimum Gasteiger partial charge on any atom is -0.513 e. The van der Waals surface area contributed by atoms with Crippen LogP contribution in [0.15, 0.2) is 60.9 Å². The molecule has 0 bridgehead atoms. The third-order valence-electron chi connectivity index (χ3n) is 1.77. The maximum absolute atomic E-state index is 9.20. The molecule has 0 atom stereocenters. The molecule has 0 amide bonds. The molecule has 0 saturated heterocycles. The van der Waals surface area contributed by atoms with Crippen molar-refractivity contribution < 1.29 is 5.11 Å². The monoisotopic (exact) mass is 186 g/mol. The Bertz CT molecular complexity index is 354. The van der Waals surface area contributed by atoms with Crippen molar-refractivity contribution in [3.05, 3.63) is 66.5 Å². The highest BCUT2D eigenvalue weighted by molar-refractivity contribution is 5.75. The molecule has 1 nitrogen and oxygen atoms in total. The quantitative estimate of drug-likeness (QED) is 0.563. The van der Waals surface area contributed by atoms with E-state index in [1.165, 1.54) is 0 Å². The molecule has 0 unspecified atom stereocenters. The maximum Gasteiger partial charge on any atom is 0.0897 e. The largest absolute Gasteiger partial charge is 0.513 e. The second kappa shape index (κ2) is 5.07. The summed E-state index contributed by atoms with van der Waals surface area (Å²) in [6.07, 6.45) is 5.30. The Morgan fingerprint density at radius 2 is 1.93 bits per heavy atom. The summed E-state index contributed by atoms with van der Waals surface area (Å²) in [4.78, 5) is 0. The van der Waals surface area contributed by atoms with Crippen LogP contribution < -0.4 is 0 Å².